The first-order valence-corrected chi connectivity index (χ1v) is 31.8. The number of hydrogen-bond acceptors (Lipinski definition) is 7. The predicted molar refractivity (Wildman–Crippen MR) is 323 cm³/mol. The summed E-state index contributed by atoms with van der Waals surface area (Å²) in [6.45, 7) is 24.7. The first kappa shape index (κ1) is 62.2. The molecule has 0 aliphatic carbocycles. The van der Waals surface area contributed by atoms with Crippen LogP contribution in [0, 0.1) is 23.7 Å². The maximum Gasteiger partial charge on any atom is 0.407 e. The summed E-state index contributed by atoms with van der Waals surface area (Å²) in [4.78, 5) is 26.4. The van der Waals surface area contributed by atoms with Gasteiger partial charge in [-0.2, -0.15) is 0 Å². The van der Waals surface area contributed by atoms with E-state index in [0.29, 0.717) is 37.2 Å². The lowest BCUT2D eigenvalue weighted by Gasteiger charge is -2.28. The van der Waals surface area contributed by atoms with E-state index < -0.39 is 13.7 Å². The van der Waals surface area contributed by atoms with E-state index in [1.165, 1.54) is 16.7 Å². The van der Waals surface area contributed by atoms with Gasteiger partial charge in [-0.05, 0) is 166 Å². The van der Waals surface area contributed by atoms with Crippen molar-refractivity contribution >= 4 is 44.4 Å². The zero-order chi connectivity index (χ0) is 54.3. The molecule has 4 rings (SSSR count). The van der Waals surface area contributed by atoms with Gasteiger partial charge in [0, 0.05) is 32.2 Å². The maximum absolute atomic E-state index is 13.6. The Morgan fingerprint density at radius 2 is 0.827 bits per heavy atom. The maximum atomic E-state index is 13.6. The molecular weight excluding hydrogens is 941 g/mol. The predicted octanol–water partition coefficient (Wildman–Crippen LogP) is 15.2. The van der Waals surface area contributed by atoms with E-state index in [9.17, 15) is 9.59 Å². The smallest absolute Gasteiger partial charge is 0.407 e. The third-order valence-corrected chi connectivity index (χ3v) is 15.1. The first-order chi connectivity index (χ1) is 35.9. The lowest BCUT2D eigenvalue weighted by atomic mass is 9.92. The molecule has 0 fully saturated rings. The number of rotatable bonds is 34. The van der Waals surface area contributed by atoms with E-state index in [2.05, 4.69) is 214 Å². The Balaban J connectivity index is 1.43. The molecular formula is C66H96N4O4Si. The van der Waals surface area contributed by atoms with Crippen molar-refractivity contribution in [2.45, 2.75) is 155 Å². The SMILES string of the molecule is C[C@@H](C[C@@H](C/C=C/c1ccccc1)CN[C@@H](C)C[C@@H](C/C=C/c1ccccc1)C(=O)OCC[Si](C)(C)C)NC[C@H](C/C=C/c1ccccc1)C[C@H](C)NC[C@H](C/C=C/c1ccccc1)C[C@H](C)NC(=O)OC(C)(C)C. The van der Waals surface area contributed by atoms with Crippen LogP contribution >= 0.6 is 0 Å². The second-order valence-electron chi connectivity index (χ2n) is 23.4. The number of esters is 1. The lowest BCUT2D eigenvalue weighted by molar-refractivity contribution is -0.148. The van der Waals surface area contributed by atoms with Crippen LogP contribution in [0.3, 0.4) is 0 Å². The molecule has 4 aromatic carbocycles. The monoisotopic (exact) mass is 1040 g/mol. The molecule has 8 nitrogen and oxygen atoms in total. The average molecular weight is 1040 g/mol. The molecule has 0 saturated heterocycles. The molecule has 0 bridgehead atoms. The largest absolute Gasteiger partial charge is 0.466 e. The zero-order valence-electron chi connectivity index (χ0n) is 47.6. The van der Waals surface area contributed by atoms with Crippen molar-refractivity contribution in [3.05, 3.63) is 168 Å². The van der Waals surface area contributed by atoms with Gasteiger partial charge in [0.1, 0.15) is 5.60 Å². The molecule has 0 spiro atoms. The zero-order valence-corrected chi connectivity index (χ0v) is 48.6. The number of hydrogen-bond donors (Lipinski definition) is 4. The molecule has 75 heavy (non-hydrogen) atoms. The highest BCUT2D eigenvalue weighted by Crippen LogP contribution is 2.22. The highest BCUT2D eigenvalue weighted by molar-refractivity contribution is 6.76. The Morgan fingerprint density at radius 1 is 0.493 bits per heavy atom. The Bertz CT molecular complexity index is 2270. The second kappa shape index (κ2) is 34.4. The van der Waals surface area contributed by atoms with Gasteiger partial charge >= 0.3 is 12.1 Å². The van der Waals surface area contributed by atoms with Crippen LogP contribution in [0.2, 0.25) is 25.7 Å². The van der Waals surface area contributed by atoms with Crippen molar-refractivity contribution in [1.29, 1.82) is 0 Å². The summed E-state index contributed by atoms with van der Waals surface area (Å²) in [5.41, 5.74) is 4.19. The molecule has 8 atom stereocenters. The molecule has 0 heterocycles. The Kier molecular flexibility index (Phi) is 28.5. The molecule has 4 aromatic rings. The van der Waals surface area contributed by atoms with Gasteiger partial charge in [-0.15, -0.1) is 0 Å². The van der Waals surface area contributed by atoms with Gasteiger partial charge in [-0.1, -0.05) is 190 Å². The van der Waals surface area contributed by atoms with Crippen molar-refractivity contribution in [2.24, 2.45) is 23.7 Å². The number of allylic oxidation sites excluding steroid dienone is 4. The van der Waals surface area contributed by atoms with Gasteiger partial charge in [-0.25, -0.2) is 4.79 Å². The number of alkyl carbamates (subject to hydrolysis) is 1. The number of carbonyl (C=O) groups is 2. The third kappa shape index (κ3) is 29.5. The summed E-state index contributed by atoms with van der Waals surface area (Å²) >= 11 is 0. The summed E-state index contributed by atoms with van der Waals surface area (Å²) in [7, 11) is -1.34. The normalized spacial score (nSPS) is 15.7. The molecule has 0 saturated carbocycles. The van der Waals surface area contributed by atoms with Crippen LogP contribution < -0.4 is 21.3 Å². The van der Waals surface area contributed by atoms with Crippen LogP contribution in [-0.2, 0) is 14.3 Å². The summed E-state index contributed by atoms with van der Waals surface area (Å²) in [6, 6.07) is 43.5. The fraction of sp³-hybridized carbons (Fsp3) is 0.485. The summed E-state index contributed by atoms with van der Waals surface area (Å²) in [5, 5.41) is 14.9. The molecule has 0 aliphatic rings. The van der Waals surface area contributed by atoms with Crippen molar-refractivity contribution in [3.8, 4) is 0 Å². The molecule has 0 radical (unpaired) electrons. The van der Waals surface area contributed by atoms with E-state index in [0.717, 1.165) is 69.8 Å². The molecule has 0 aromatic heterocycles. The van der Waals surface area contributed by atoms with Crippen molar-refractivity contribution < 1.29 is 19.1 Å². The molecule has 1 amide bonds. The van der Waals surface area contributed by atoms with Crippen molar-refractivity contribution in [1.82, 2.24) is 21.3 Å². The minimum atomic E-state index is -1.34. The quantitative estimate of drug-likeness (QED) is 0.0273. The van der Waals surface area contributed by atoms with Gasteiger partial charge in [0.15, 0.2) is 0 Å². The lowest BCUT2D eigenvalue weighted by Crippen LogP contribution is -2.41. The molecule has 0 aliphatic heterocycles. The Morgan fingerprint density at radius 3 is 1.17 bits per heavy atom. The number of nitrogens with one attached hydrogen (secondary N) is 4. The standard InChI is InChI=1S/C66H96N4O4Si/c1-52(46-61(40-24-36-57-29-17-12-18-30-57)50-69-54(3)48-63(64(71)73-43-44-75(8,9)10)42-26-38-59-33-21-14-22-34-59)67-49-60(39-23-35-56-27-15-11-16-28-56)45-53(2)68-51-62(41-25-37-58-31-19-13-20-32-58)47-55(4)70-65(72)74-66(5,6)7/h11-38,52-55,60-63,67-69H,39-51H2,1-10H3,(H,70,72)/b35-23+,36-24+,37-25+,38-26+/t52-,53-,54-,55-,60+,61+,62+,63+/m0/s1. The van der Waals surface area contributed by atoms with Crippen LogP contribution in [0.5, 0.6) is 0 Å². The van der Waals surface area contributed by atoms with E-state index in [1.807, 2.05) is 45.0 Å². The Labute approximate surface area is 455 Å². The van der Waals surface area contributed by atoms with Crippen LogP contribution in [-0.4, -0.2) is 76.1 Å². The van der Waals surface area contributed by atoms with Gasteiger partial charge in [-0.3, -0.25) is 4.79 Å². The summed E-state index contributed by atoms with van der Waals surface area (Å²) in [6.07, 6.45) is 24.5. The second-order valence-corrected chi connectivity index (χ2v) is 29.0. The third-order valence-electron chi connectivity index (χ3n) is 13.4. The van der Waals surface area contributed by atoms with E-state index in [-0.39, 0.29) is 42.1 Å². The average Bonchev–Trinajstić information content (AvgIpc) is 3.36. The Hall–Kier alpha value is -5.32. The van der Waals surface area contributed by atoms with Gasteiger partial charge in [0.05, 0.1) is 12.5 Å². The van der Waals surface area contributed by atoms with Gasteiger partial charge < -0.3 is 30.7 Å². The van der Waals surface area contributed by atoms with Gasteiger partial charge in [0.25, 0.3) is 0 Å². The molecule has 0 unspecified atom stereocenters. The minimum Gasteiger partial charge on any atom is -0.466 e. The first-order valence-electron chi connectivity index (χ1n) is 28.1. The van der Waals surface area contributed by atoms with E-state index in [4.69, 9.17) is 9.47 Å². The minimum absolute atomic E-state index is 0.0394. The highest BCUT2D eigenvalue weighted by Gasteiger charge is 2.25. The summed E-state index contributed by atoms with van der Waals surface area (Å²) in [5.74, 6) is 0.796. The summed E-state index contributed by atoms with van der Waals surface area (Å²) < 4.78 is 11.5. The number of amides is 1. The van der Waals surface area contributed by atoms with E-state index in [1.54, 1.807) is 0 Å². The molecule has 4 N–H and O–H groups in total. The molecule has 408 valence electrons. The number of carbonyl (C=O) groups excluding carboxylic acids is 2. The van der Waals surface area contributed by atoms with Crippen LogP contribution in [0.25, 0.3) is 24.3 Å². The van der Waals surface area contributed by atoms with Crippen LogP contribution in [0.15, 0.2) is 146 Å². The fourth-order valence-corrected chi connectivity index (χ4v) is 10.0. The molecule has 9 heteroatoms. The fourth-order valence-electron chi connectivity index (χ4n) is 9.32. The number of ether oxygens (including phenoxy) is 2. The van der Waals surface area contributed by atoms with Crippen LogP contribution in [0.4, 0.5) is 4.79 Å². The van der Waals surface area contributed by atoms with Crippen LogP contribution in [0.1, 0.15) is 122 Å². The topological polar surface area (TPSA) is 101 Å². The van der Waals surface area contributed by atoms with Gasteiger partial charge in [0.2, 0.25) is 0 Å². The highest BCUT2D eigenvalue weighted by atomic mass is 28.3. The van der Waals surface area contributed by atoms with E-state index >= 15 is 0 Å². The number of benzene rings is 4. The van der Waals surface area contributed by atoms with Crippen molar-refractivity contribution in [3.63, 3.8) is 0 Å². The van der Waals surface area contributed by atoms with Crippen molar-refractivity contribution in [2.75, 3.05) is 26.2 Å².